The Bertz CT molecular complexity index is 783. The van der Waals surface area contributed by atoms with E-state index in [1.165, 1.54) is 21.3 Å². The first-order chi connectivity index (χ1) is 12.1. The summed E-state index contributed by atoms with van der Waals surface area (Å²) in [5.41, 5.74) is 2.28. The minimum Gasteiger partial charge on any atom is -0.493 e. The Hall–Kier alpha value is -2.40. The van der Waals surface area contributed by atoms with Crippen molar-refractivity contribution in [2.45, 2.75) is 6.54 Å². The highest BCUT2D eigenvalue weighted by Gasteiger charge is 2.24. The molecule has 25 heavy (non-hydrogen) atoms. The van der Waals surface area contributed by atoms with Crippen LogP contribution < -0.4 is 19.5 Å². The molecule has 8 heteroatoms. The molecular weight excluding hydrogens is 346 g/mol. The van der Waals surface area contributed by atoms with Crippen molar-refractivity contribution in [3.63, 3.8) is 0 Å². The standard InChI is InChI=1S/C17H20ClN3O4/c1-23-13-5-4-10(16(24-2)17(13)25-3)14-12(9-20-6-7-22)21-11(8-19)15(14)18/h4-5,20-22H,6-7,9H2,1-3H3. The highest BCUT2D eigenvalue weighted by molar-refractivity contribution is 6.34. The first kappa shape index (κ1) is 18.9. The average molecular weight is 366 g/mol. The Kier molecular flexibility index (Phi) is 6.53. The maximum Gasteiger partial charge on any atom is 0.203 e. The van der Waals surface area contributed by atoms with Gasteiger partial charge in [-0.05, 0) is 12.1 Å². The van der Waals surface area contributed by atoms with Crippen LogP contribution in [0, 0.1) is 11.3 Å². The molecule has 1 aromatic carbocycles. The molecule has 134 valence electrons. The molecule has 0 bridgehead atoms. The van der Waals surface area contributed by atoms with E-state index in [0.29, 0.717) is 52.2 Å². The Morgan fingerprint density at radius 2 is 1.92 bits per heavy atom. The van der Waals surface area contributed by atoms with Crippen LogP contribution >= 0.6 is 11.6 Å². The van der Waals surface area contributed by atoms with Gasteiger partial charge in [0, 0.05) is 29.9 Å². The summed E-state index contributed by atoms with van der Waals surface area (Å²) in [6, 6.07) is 5.59. The summed E-state index contributed by atoms with van der Waals surface area (Å²) in [4.78, 5) is 3.01. The smallest absolute Gasteiger partial charge is 0.203 e. The molecule has 0 amide bonds. The minimum absolute atomic E-state index is 0.00849. The average Bonchev–Trinajstić information content (AvgIpc) is 2.95. The number of H-pyrrole nitrogens is 1. The first-order valence-corrected chi connectivity index (χ1v) is 7.92. The zero-order valence-electron chi connectivity index (χ0n) is 14.3. The number of nitrogens with one attached hydrogen (secondary N) is 2. The Morgan fingerprint density at radius 1 is 1.20 bits per heavy atom. The lowest BCUT2D eigenvalue weighted by molar-refractivity contribution is 0.291. The summed E-state index contributed by atoms with van der Waals surface area (Å²) in [5.74, 6) is 1.42. The summed E-state index contributed by atoms with van der Waals surface area (Å²) in [5, 5.41) is 21.6. The molecule has 0 atom stereocenters. The molecule has 0 fully saturated rings. The Labute approximate surface area is 151 Å². The number of hydrogen-bond donors (Lipinski definition) is 3. The van der Waals surface area contributed by atoms with Gasteiger partial charge in [-0.1, -0.05) is 11.6 Å². The number of hydrogen-bond acceptors (Lipinski definition) is 6. The molecule has 2 rings (SSSR count). The summed E-state index contributed by atoms with van der Waals surface area (Å²) in [7, 11) is 4.59. The number of aliphatic hydroxyl groups is 1. The lowest BCUT2D eigenvalue weighted by Gasteiger charge is -2.16. The van der Waals surface area contributed by atoms with Crippen LogP contribution in [0.5, 0.6) is 17.2 Å². The van der Waals surface area contributed by atoms with Gasteiger partial charge in [-0.3, -0.25) is 0 Å². The van der Waals surface area contributed by atoms with Gasteiger partial charge >= 0.3 is 0 Å². The highest BCUT2D eigenvalue weighted by atomic mass is 35.5. The van der Waals surface area contributed by atoms with Gasteiger partial charge in [0.25, 0.3) is 0 Å². The number of nitrogens with zero attached hydrogens (tertiary/aromatic N) is 1. The van der Waals surface area contributed by atoms with E-state index in [1.807, 2.05) is 6.07 Å². The number of ether oxygens (including phenoxy) is 3. The number of aromatic amines is 1. The van der Waals surface area contributed by atoms with Crippen molar-refractivity contribution >= 4 is 11.6 Å². The van der Waals surface area contributed by atoms with Crippen molar-refractivity contribution < 1.29 is 19.3 Å². The Balaban J connectivity index is 2.64. The highest BCUT2D eigenvalue weighted by Crippen LogP contribution is 2.47. The number of aliphatic hydroxyl groups excluding tert-OH is 1. The molecule has 0 saturated carbocycles. The van der Waals surface area contributed by atoms with Crippen LogP contribution in [0.1, 0.15) is 11.4 Å². The van der Waals surface area contributed by atoms with E-state index < -0.39 is 0 Å². The maximum absolute atomic E-state index is 9.28. The molecule has 0 spiro atoms. The van der Waals surface area contributed by atoms with Crippen molar-refractivity contribution in [2.75, 3.05) is 34.5 Å². The van der Waals surface area contributed by atoms with Crippen LogP contribution in [0.2, 0.25) is 5.02 Å². The number of aromatic nitrogens is 1. The molecule has 0 aliphatic carbocycles. The predicted octanol–water partition coefficient (Wildman–Crippen LogP) is 2.31. The Morgan fingerprint density at radius 3 is 2.48 bits per heavy atom. The zero-order chi connectivity index (χ0) is 18.4. The SMILES string of the molecule is COc1ccc(-c2c(CNCCO)[nH]c(C#N)c2Cl)c(OC)c1OC. The maximum atomic E-state index is 9.28. The molecule has 0 aliphatic heterocycles. The fraction of sp³-hybridized carbons (Fsp3) is 0.353. The van der Waals surface area contributed by atoms with Crippen LogP contribution in [0.3, 0.4) is 0 Å². The van der Waals surface area contributed by atoms with Gasteiger partial charge in [-0.15, -0.1) is 0 Å². The predicted molar refractivity (Wildman–Crippen MR) is 94.4 cm³/mol. The fourth-order valence-corrected chi connectivity index (χ4v) is 2.91. The van der Waals surface area contributed by atoms with E-state index in [-0.39, 0.29) is 12.3 Å². The zero-order valence-corrected chi connectivity index (χ0v) is 15.0. The second-order valence-corrected chi connectivity index (χ2v) is 5.44. The third-order valence-electron chi connectivity index (χ3n) is 3.69. The summed E-state index contributed by atoms with van der Waals surface area (Å²) < 4.78 is 16.2. The van der Waals surface area contributed by atoms with Crippen molar-refractivity contribution in [3.05, 3.63) is 28.5 Å². The summed E-state index contributed by atoms with van der Waals surface area (Å²) in [6.45, 7) is 0.824. The van der Waals surface area contributed by atoms with E-state index in [9.17, 15) is 5.26 Å². The van der Waals surface area contributed by atoms with E-state index in [0.717, 1.165) is 0 Å². The molecule has 3 N–H and O–H groups in total. The number of rotatable bonds is 8. The third kappa shape index (κ3) is 3.66. The van der Waals surface area contributed by atoms with E-state index in [2.05, 4.69) is 10.3 Å². The lowest BCUT2D eigenvalue weighted by Crippen LogP contribution is -2.18. The largest absolute Gasteiger partial charge is 0.493 e. The normalized spacial score (nSPS) is 10.4. The molecule has 7 nitrogen and oxygen atoms in total. The molecule has 0 saturated heterocycles. The van der Waals surface area contributed by atoms with Crippen LogP contribution in [-0.4, -0.2) is 44.6 Å². The molecule has 2 aromatic rings. The van der Waals surface area contributed by atoms with Gasteiger partial charge in [0.1, 0.15) is 11.8 Å². The lowest BCUT2D eigenvalue weighted by atomic mass is 10.0. The van der Waals surface area contributed by atoms with Gasteiger partial charge in [0.15, 0.2) is 11.5 Å². The van der Waals surface area contributed by atoms with Crippen LogP contribution in [0.4, 0.5) is 0 Å². The first-order valence-electron chi connectivity index (χ1n) is 7.54. The van der Waals surface area contributed by atoms with Crippen molar-refractivity contribution in [3.8, 4) is 34.4 Å². The van der Waals surface area contributed by atoms with Gasteiger partial charge in [-0.2, -0.15) is 5.26 Å². The van der Waals surface area contributed by atoms with E-state index >= 15 is 0 Å². The van der Waals surface area contributed by atoms with E-state index in [4.69, 9.17) is 30.9 Å². The van der Waals surface area contributed by atoms with E-state index in [1.54, 1.807) is 12.1 Å². The molecule has 0 aliphatic rings. The van der Waals surface area contributed by atoms with Crippen LogP contribution in [-0.2, 0) is 6.54 Å². The number of halogens is 1. The van der Waals surface area contributed by atoms with Crippen LogP contribution in [0.15, 0.2) is 12.1 Å². The molecule has 1 heterocycles. The quantitative estimate of drug-likeness (QED) is 0.621. The van der Waals surface area contributed by atoms with Crippen molar-refractivity contribution in [1.82, 2.24) is 10.3 Å². The molecular formula is C17H20ClN3O4. The second kappa shape index (κ2) is 8.62. The molecule has 1 aromatic heterocycles. The van der Waals surface area contributed by atoms with Crippen LogP contribution in [0.25, 0.3) is 11.1 Å². The molecule has 0 unspecified atom stereocenters. The number of nitriles is 1. The topological polar surface area (TPSA) is 99.5 Å². The summed E-state index contributed by atoms with van der Waals surface area (Å²) in [6.07, 6.45) is 0. The number of benzene rings is 1. The molecule has 0 radical (unpaired) electrons. The number of methoxy groups -OCH3 is 3. The van der Waals surface area contributed by atoms with Gasteiger partial charge in [-0.25, -0.2) is 0 Å². The van der Waals surface area contributed by atoms with Crippen molar-refractivity contribution in [1.29, 1.82) is 5.26 Å². The fourth-order valence-electron chi connectivity index (χ4n) is 2.61. The van der Waals surface area contributed by atoms with Gasteiger partial charge in [0.05, 0.1) is 33.0 Å². The third-order valence-corrected chi connectivity index (χ3v) is 4.07. The summed E-state index contributed by atoms with van der Waals surface area (Å²) >= 11 is 6.42. The van der Waals surface area contributed by atoms with Gasteiger partial charge in [0.2, 0.25) is 5.75 Å². The second-order valence-electron chi connectivity index (χ2n) is 5.06. The van der Waals surface area contributed by atoms with Crippen molar-refractivity contribution in [2.24, 2.45) is 0 Å². The van der Waals surface area contributed by atoms with Gasteiger partial charge < -0.3 is 29.6 Å². The monoisotopic (exact) mass is 365 g/mol. The minimum atomic E-state index is 0.00849.